The van der Waals surface area contributed by atoms with Crippen molar-refractivity contribution in [3.05, 3.63) is 66.0 Å². The first-order valence-corrected chi connectivity index (χ1v) is 10.5. The molecule has 0 aliphatic carbocycles. The summed E-state index contributed by atoms with van der Waals surface area (Å²) >= 11 is 0. The zero-order chi connectivity index (χ0) is 21.6. The number of nitrogens with zero attached hydrogens (tertiary/aromatic N) is 1. The van der Waals surface area contributed by atoms with Crippen molar-refractivity contribution in [1.29, 1.82) is 0 Å². The number of hydrogen-bond acceptors (Lipinski definition) is 4. The molecule has 2 aromatic carbocycles. The zero-order valence-corrected chi connectivity index (χ0v) is 17.9. The molecule has 2 atom stereocenters. The van der Waals surface area contributed by atoms with Crippen molar-refractivity contribution in [3.8, 4) is 5.75 Å². The maximum atomic E-state index is 13.0. The highest BCUT2D eigenvalue weighted by molar-refractivity contribution is 5.69. The second kappa shape index (κ2) is 9.94. The van der Waals surface area contributed by atoms with Crippen molar-refractivity contribution in [3.63, 3.8) is 0 Å². The number of ether oxygens (including phenoxy) is 2. The fourth-order valence-corrected chi connectivity index (χ4v) is 3.54. The number of carbonyl (C=O) groups is 1. The van der Waals surface area contributed by atoms with Gasteiger partial charge in [-0.1, -0.05) is 30.3 Å². The Labute approximate surface area is 178 Å². The van der Waals surface area contributed by atoms with Gasteiger partial charge >= 0.3 is 6.09 Å². The fraction of sp³-hybridized carbons (Fsp3) is 0.458. The van der Waals surface area contributed by atoms with Crippen LogP contribution in [0.2, 0.25) is 0 Å². The van der Waals surface area contributed by atoms with E-state index in [9.17, 15) is 9.18 Å². The number of carbonyl (C=O) groups excluding carboxylic acids is 1. The standard InChI is InChI=1S/C24H31FN2O3/c1-24(2,3)30-23(28)27-17-22(29-21-7-5-4-6-8-21)15-20(27)16-26-14-13-18-9-11-19(25)12-10-18/h4-12,20,22,26H,13-17H2,1-3H3/t20?,22-/m0/s1. The zero-order valence-electron chi connectivity index (χ0n) is 17.9. The molecule has 0 bridgehead atoms. The second-order valence-corrected chi connectivity index (χ2v) is 8.66. The van der Waals surface area contributed by atoms with Crippen LogP contribution in [0.1, 0.15) is 32.8 Å². The molecular formula is C24H31FN2O3. The lowest BCUT2D eigenvalue weighted by molar-refractivity contribution is 0.0213. The van der Waals surface area contributed by atoms with Crippen molar-refractivity contribution in [2.45, 2.75) is 51.4 Å². The Bertz CT molecular complexity index is 805. The Morgan fingerprint density at radius 1 is 1.13 bits per heavy atom. The van der Waals surface area contributed by atoms with E-state index in [2.05, 4.69) is 5.32 Å². The number of benzene rings is 2. The summed E-state index contributed by atoms with van der Waals surface area (Å²) in [5, 5.41) is 3.42. The molecule has 1 saturated heterocycles. The lowest BCUT2D eigenvalue weighted by Gasteiger charge is -2.28. The molecule has 1 aliphatic rings. The molecule has 1 unspecified atom stereocenters. The van der Waals surface area contributed by atoms with Crippen LogP contribution in [0, 0.1) is 5.82 Å². The van der Waals surface area contributed by atoms with Crippen LogP contribution in [0.4, 0.5) is 9.18 Å². The normalized spacial score (nSPS) is 19.0. The number of likely N-dealkylation sites (tertiary alicyclic amines) is 1. The van der Waals surface area contributed by atoms with Crippen LogP contribution < -0.4 is 10.1 Å². The molecule has 0 aromatic heterocycles. The van der Waals surface area contributed by atoms with E-state index in [1.165, 1.54) is 12.1 Å². The van der Waals surface area contributed by atoms with Gasteiger partial charge < -0.3 is 19.7 Å². The summed E-state index contributed by atoms with van der Waals surface area (Å²) in [7, 11) is 0. The number of amides is 1. The molecule has 1 N–H and O–H groups in total. The molecule has 0 spiro atoms. The average molecular weight is 415 g/mol. The van der Waals surface area contributed by atoms with E-state index >= 15 is 0 Å². The summed E-state index contributed by atoms with van der Waals surface area (Å²) in [6.07, 6.45) is 1.14. The highest BCUT2D eigenvalue weighted by atomic mass is 19.1. The summed E-state index contributed by atoms with van der Waals surface area (Å²) in [5.41, 5.74) is 0.528. The number of hydrogen-bond donors (Lipinski definition) is 1. The lowest BCUT2D eigenvalue weighted by Crippen LogP contribution is -2.44. The summed E-state index contributed by atoms with van der Waals surface area (Å²) in [4.78, 5) is 14.5. The molecule has 2 aromatic rings. The minimum Gasteiger partial charge on any atom is -0.489 e. The largest absolute Gasteiger partial charge is 0.489 e. The van der Waals surface area contributed by atoms with Crippen molar-refractivity contribution in [2.24, 2.45) is 0 Å². The first kappa shape index (κ1) is 22.1. The summed E-state index contributed by atoms with van der Waals surface area (Å²) in [6, 6.07) is 16.2. The highest BCUT2D eigenvalue weighted by Crippen LogP contribution is 2.25. The van der Waals surface area contributed by atoms with Gasteiger partial charge in [-0.2, -0.15) is 0 Å². The topological polar surface area (TPSA) is 50.8 Å². The summed E-state index contributed by atoms with van der Waals surface area (Å²) in [6.45, 7) is 7.50. The molecule has 0 saturated carbocycles. The van der Waals surface area contributed by atoms with Crippen LogP contribution in [0.5, 0.6) is 5.75 Å². The van der Waals surface area contributed by atoms with Crippen LogP contribution in [-0.2, 0) is 11.2 Å². The van der Waals surface area contributed by atoms with Gasteiger partial charge in [0.2, 0.25) is 0 Å². The van der Waals surface area contributed by atoms with Gasteiger partial charge in [0.1, 0.15) is 23.3 Å². The van der Waals surface area contributed by atoms with Crippen molar-refractivity contribution < 1.29 is 18.7 Å². The van der Waals surface area contributed by atoms with Crippen LogP contribution in [0.3, 0.4) is 0 Å². The quantitative estimate of drug-likeness (QED) is 0.682. The average Bonchev–Trinajstić information content (AvgIpc) is 3.09. The van der Waals surface area contributed by atoms with Gasteiger partial charge in [0, 0.05) is 13.0 Å². The third-order valence-electron chi connectivity index (χ3n) is 4.93. The van der Waals surface area contributed by atoms with E-state index in [1.807, 2.05) is 51.1 Å². The maximum absolute atomic E-state index is 13.0. The van der Waals surface area contributed by atoms with Gasteiger partial charge in [0.05, 0.1) is 12.6 Å². The monoisotopic (exact) mass is 414 g/mol. The minimum atomic E-state index is -0.546. The number of para-hydroxylation sites is 1. The Kier molecular flexibility index (Phi) is 7.32. The third-order valence-corrected chi connectivity index (χ3v) is 4.93. The molecule has 1 heterocycles. The first-order valence-electron chi connectivity index (χ1n) is 10.5. The van der Waals surface area contributed by atoms with Crippen molar-refractivity contribution >= 4 is 6.09 Å². The van der Waals surface area contributed by atoms with Crippen molar-refractivity contribution in [2.75, 3.05) is 19.6 Å². The van der Waals surface area contributed by atoms with E-state index in [4.69, 9.17) is 9.47 Å². The number of nitrogens with one attached hydrogen (secondary N) is 1. The van der Waals surface area contributed by atoms with E-state index < -0.39 is 5.60 Å². The number of rotatable bonds is 7. The Balaban J connectivity index is 1.56. The first-order chi connectivity index (χ1) is 14.3. The van der Waals surface area contributed by atoms with Gasteiger partial charge in [0.25, 0.3) is 0 Å². The van der Waals surface area contributed by atoms with E-state index in [-0.39, 0.29) is 24.1 Å². The highest BCUT2D eigenvalue weighted by Gasteiger charge is 2.38. The van der Waals surface area contributed by atoms with Crippen LogP contribution in [0.25, 0.3) is 0 Å². The molecule has 1 fully saturated rings. The van der Waals surface area contributed by atoms with Gasteiger partial charge in [0.15, 0.2) is 0 Å². The Morgan fingerprint density at radius 2 is 1.83 bits per heavy atom. The van der Waals surface area contributed by atoms with Gasteiger partial charge in [-0.3, -0.25) is 0 Å². The van der Waals surface area contributed by atoms with Crippen LogP contribution in [-0.4, -0.2) is 48.4 Å². The minimum absolute atomic E-state index is 0.0122. The molecule has 3 rings (SSSR count). The Morgan fingerprint density at radius 3 is 2.50 bits per heavy atom. The SMILES string of the molecule is CC(C)(C)OC(=O)N1C[C@@H](Oc2ccccc2)CC1CNCCc1ccc(F)cc1. The van der Waals surface area contributed by atoms with Crippen LogP contribution in [0.15, 0.2) is 54.6 Å². The van der Waals surface area contributed by atoms with Gasteiger partial charge in [-0.05, 0) is 63.6 Å². The van der Waals surface area contributed by atoms with E-state index in [0.29, 0.717) is 13.1 Å². The smallest absolute Gasteiger partial charge is 0.410 e. The van der Waals surface area contributed by atoms with E-state index in [1.54, 1.807) is 17.0 Å². The maximum Gasteiger partial charge on any atom is 0.410 e. The second-order valence-electron chi connectivity index (χ2n) is 8.66. The van der Waals surface area contributed by atoms with Crippen LogP contribution >= 0.6 is 0 Å². The predicted octanol–water partition coefficient (Wildman–Crippen LogP) is 4.41. The summed E-state index contributed by atoms with van der Waals surface area (Å²) < 4.78 is 24.7. The lowest BCUT2D eigenvalue weighted by atomic mass is 10.1. The Hall–Kier alpha value is -2.60. The third kappa shape index (κ3) is 6.73. The predicted molar refractivity (Wildman–Crippen MR) is 115 cm³/mol. The fourth-order valence-electron chi connectivity index (χ4n) is 3.54. The molecule has 162 valence electrons. The van der Waals surface area contributed by atoms with Gasteiger partial charge in [-0.15, -0.1) is 0 Å². The van der Waals surface area contributed by atoms with Gasteiger partial charge in [-0.25, -0.2) is 9.18 Å². The molecule has 1 amide bonds. The van der Waals surface area contributed by atoms with Crippen molar-refractivity contribution in [1.82, 2.24) is 10.2 Å². The molecular weight excluding hydrogens is 383 g/mol. The molecule has 1 aliphatic heterocycles. The molecule has 6 heteroatoms. The molecule has 0 radical (unpaired) electrons. The molecule has 30 heavy (non-hydrogen) atoms. The molecule has 5 nitrogen and oxygen atoms in total. The summed E-state index contributed by atoms with van der Waals surface area (Å²) in [5.74, 6) is 0.576. The number of halogens is 1. The van der Waals surface area contributed by atoms with E-state index in [0.717, 1.165) is 30.7 Å².